The van der Waals surface area contributed by atoms with Crippen LogP contribution < -0.4 is 9.80 Å². The topological polar surface area (TPSA) is 90.4 Å². The van der Waals surface area contributed by atoms with Gasteiger partial charge in [-0.2, -0.15) is 0 Å². The van der Waals surface area contributed by atoms with Crippen molar-refractivity contribution in [3.05, 3.63) is 59.7 Å². The molecule has 8 nitrogen and oxygen atoms in total. The summed E-state index contributed by atoms with van der Waals surface area (Å²) in [5.74, 6) is -0.755. The molecule has 4 aliphatic rings. The van der Waals surface area contributed by atoms with Crippen molar-refractivity contribution in [2.75, 3.05) is 29.5 Å². The van der Waals surface area contributed by atoms with Crippen molar-refractivity contribution in [3.63, 3.8) is 0 Å². The average Bonchev–Trinajstić information content (AvgIpc) is 3.66. The lowest BCUT2D eigenvalue weighted by Gasteiger charge is -2.31. The van der Waals surface area contributed by atoms with Gasteiger partial charge in [0.15, 0.2) is 5.60 Å². The summed E-state index contributed by atoms with van der Waals surface area (Å²) in [6, 6.07) is 15.2. The minimum atomic E-state index is -3.42. The van der Waals surface area contributed by atoms with Crippen LogP contribution in [0.15, 0.2) is 48.5 Å². The zero-order chi connectivity index (χ0) is 31.9. The normalized spacial score (nSPS) is 29.0. The number of fused-ring (bicyclic) bond motifs is 2. The van der Waals surface area contributed by atoms with E-state index in [-0.39, 0.29) is 43.3 Å². The fourth-order valence-electron chi connectivity index (χ4n) is 8.44. The third kappa shape index (κ3) is 5.74. The van der Waals surface area contributed by atoms with Gasteiger partial charge in [-0.15, -0.1) is 0 Å². The average molecular weight is 636 g/mol. The van der Waals surface area contributed by atoms with Crippen molar-refractivity contribution in [2.24, 2.45) is 5.92 Å². The highest BCUT2D eigenvalue weighted by Crippen LogP contribution is 2.60. The first kappa shape index (κ1) is 31.9. The second-order valence-corrected chi connectivity index (χ2v) is 17.6. The number of amides is 3. The second kappa shape index (κ2) is 12.6. The molecule has 0 bridgehead atoms. The van der Waals surface area contributed by atoms with Gasteiger partial charge in [0.25, 0.3) is 5.91 Å². The Morgan fingerprint density at radius 3 is 2.60 bits per heavy atom. The van der Waals surface area contributed by atoms with E-state index in [9.17, 15) is 19.5 Å². The zero-order valence-corrected chi connectivity index (χ0v) is 27.7. The van der Waals surface area contributed by atoms with Crippen molar-refractivity contribution < 1.29 is 28.3 Å². The Balaban J connectivity index is 1.31. The van der Waals surface area contributed by atoms with Crippen LogP contribution in [0.1, 0.15) is 69.4 Å². The van der Waals surface area contributed by atoms with Gasteiger partial charge in [-0.05, 0) is 62.5 Å². The van der Waals surface area contributed by atoms with Gasteiger partial charge in [-0.25, -0.2) is 0 Å². The summed E-state index contributed by atoms with van der Waals surface area (Å²) >= 11 is 0. The molecule has 242 valence electrons. The van der Waals surface area contributed by atoms with E-state index in [2.05, 4.69) is 0 Å². The monoisotopic (exact) mass is 635 g/mol. The summed E-state index contributed by atoms with van der Waals surface area (Å²) in [5, 5.41) is 9.81. The number of nitrogens with zero attached hydrogens (tertiary/aromatic N) is 3. The van der Waals surface area contributed by atoms with E-state index in [1.807, 2.05) is 60.4 Å². The summed E-state index contributed by atoms with van der Waals surface area (Å²) in [7, 11) is -3.42. The van der Waals surface area contributed by atoms with Gasteiger partial charge in [-0.1, -0.05) is 50.1 Å². The maximum Gasteiger partial charge on any atom is 0.264 e. The van der Waals surface area contributed by atoms with E-state index in [0.29, 0.717) is 25.1 Å². The summed E-state index contributed by atoms with van der Waals surface area (Å²) in [5.41, 5.74) is 1.19. The predicted octanol–water partition coefficient (Wildman–Crippen LogP) is 5.68. The van der Waals surface area contributed by atoms with Crippen LogP contribution >= 0.6 is 0 Å². The third-order valence-corrected chi connectivity index (χ3v) is 13.0. The Kier molecular flexibility index (Phi) is 8.93. The Hall–Kier alpha value is -3.08. The molecule has 10 heteroatoms. The van der Waals surface area contributed by atoms with Crippen LogP contribution in [0, 0.1) is 5.92 Å². The molecule has 1 N–H and O–H groups in total. The van der Waals surface area contributed by atoms with Crippen molar-refractivity contribution in [1.82, 2.24) is 4.90 Å². The van der Waals surface area contributed by atoms with Gasteiger partial charge >= 0.3 is 0 Å². The highest BCUT2D eigenvalue weighted by molar-refractivity contribution is 6.72. The van der Waals surface area contributed by atoms with Crippen molar-refractivity contribution >= 4 is 37.5 Å². The molecule has 4 aliphatic heterocycles. The lowest BCUT2D eigenvalue weighted by molar-refractivity contribution is -0.150. The fourth-order valence-corrected chi connectivity index (χ4v) is 10.9. The number of anilines is 2. The van der Waals surface area contributed by atoms with E-state index in [0.717, 1.165) is 55.5 Å². The number of halogens is 1. The molecule has 6 rings (SSSR count). The Morgan fingerprint density at radius 1 is 1.04 bits per heavy atom. The van der Waals surface area contributed by atoms with Crippen LogP contribution in [0.5, 0.6) is 0 Å². The van der Waals surface area contributed by atoms with E-state index in [4.69, 9.17) is 4.74 Å². The predicted molar refractivity (Wildman–Crippen MR) is 174 cm³/mol. The zero-order valence-electron chi connectivity index (χ0n) is 26.7. The Labute approximate surface area is 266 Å². The molecule has 0 aromatic heterocycles. The molecule has 0 aliphatic carbocycles. The number of benzene rings is 2. The number of hydrogen-bond acceptors (Lipinski definition) is 5. The highest BCUT2D eigenvalue weighted by Gasteiger charge is 2.67. The molecule has 4 heterocycles. The van der Waals surface area contributed by atoms with Gasteiger partial charge in [-0.3, -0.25) is 14.4 Å². The maximum absolute atomic E-state index is 16.2. The molecule has 5 atom stereocenters. The molecule has 0 unspecified atom stereocenters. The van der Waals surface area contributed by atoms with Crippen LogP contribution in [-0.2, 0) is 31.3 Å². The van der Waals surface area contributed by atoms with Crippen LogP contribution in [0.3, 0.4) is 0 Å². The largest absolute Gasteiger partial charge is 0.394 e. The first-order chi connectivity index (χ1) is 21.6. The number of para-hydroxylation sites is 1. The van der Waals surface area contributed by atoms with Gasteiger partial charge in [0.2, 0.25) is 20.2 Å². The number of ether oxygens (including phenoxy) is 1. The molecule has 3 fully saturated rings. The van der Waals surface area contributed by atoms with E-state index in [1.165, 1.54) is 0 Å². The molecule has 0 radical (unpaired) electrons. The SMILES string of the molecule is C[C@@H]1[C@@H]([Si](C)(C)F)[C@H](CC(=O)N2CCC[C@H]2CO)O[C@@]12C(=O)N(Cc1cccc(N3CCCCCCC3=O)c1)c1ccccc12. The number of carbonyl (C=O) groups is 3. The first-order valence-corrected chi connectivity index (χ1v) is 19.6. The van der Waals surface area contributed by atoms with Crippen LogP contribution in [0.2, 0.25) is 18.6 Å². The molecule has 2 aromatic rings. The van der Waals surface area contributed by atoms with E-state index in [1.54, 1.807) is 22.9 Å². The van der Waals surface area contributed by atoms with Crippen molar-refractivity contribution in [1.29, 1.82) is 0 Å². The number of carbonyl (C=O) groups excluding carboxylic acids is 3. The van der Waals surface area contributed by atoms with Gasteiger partial charge in [0.1, 0.15) is 0 Å². The number of rotatable bonds is 7. The van der Waals surface area contributed by atoms with Crippen molar-refractivity contribution in [2.45, 2.75) is 101 Å². The maximum atomic E-state index is 16.2. The lowest BCUT2D eigenvalue weighted by atomic mass is 9.82. The molecule has 45 heavy (non-hydrogen) atoms. The molecule has 3 amide bonds. The van der Waals surface area contributed by atoms with E-state index < -0.39 is 31.6 Å². The van der Waals surface area contributed by atoms with Crippen LogP contribution in [0.4, 0.5) is 15.5 Å². The standard InChI is InChI=1S/C35H46FN3O5Si/c1-24-33(45(2,3)36)30(21-32(42)38-19-11-14-27(38)23-40)44-35(24)28-15-7-8-16-29(28)39(34(35)43)22-25-12-10-13-26(20-25)37-18-9-5-4-6-17-31(37)41/h7-8,10,12-13,15-16,20,24,27,30,33,40H,4-6,9,11,14,17-19,21-23H2,1-3H3/t24-,27+,30+,33-,35+/m1/s1. The summed E-state index contributed by atoms with van der Waals surface area (Å²) in [6.45, 7) is 6.61. The molecule has 0 saturated carbocycles. The molecule has 2 aromatic carbocycles. The summed E-state index contributed by atoms with van der Waals surface area (Å²) in [6.07, 6.45) is 5.39. The fraction of sp³-hybridized carbons (Fsp3) is 0.571. The minimum Gasteiger partial charge on any atom is -0.394 e. The number of aliphatic hydroxyl groups is 1. The number of likely N-dealkylation sites (tertiary alicyclic amines) is 1. The third-order valence-electron chi connectivity index (χ3n) is 10.5. The highest BCUT2D eigenvalue weighted by atomic mass is 28.4. The minimum absolute atomic E-state index is 0.0189. The summed E-state index contributed by atoms with van der Waals surface area (Å²) < 4.78 is 23.0. The second-order valence-electron chi connectivity index (χ2n) is 13.8. The lowest BCUT2D eigenvalue weighted by Crippen LogP contribution is -2.45. The quantitative estimate of drug-likeness (QED) is 0.313. The van der Waals surface area contributed by atoms with Crippen LogP contribution in [0.25, 0.3) is 0 Å². The van der Waals surface area contributed by atoms with Gasteiger partial charge in [0.05, 0.1) is 37.4 Å². The molecule has 3 saturated heterocycles. The molecular formula is C35H46FN3O5Si. The number of hydrogen-bond donors (Lipinski definition) is 1. The smallest absolute Gasteiger partial charge is 0.264 e. The number of aliphatic hydroxyl groups excluding tert-OH is 1. The van der Waals surface area contributed by atoms with E-state index >= 15 is 4.11 Å². The van der Waals surface area contributed by atoms with Crippen LogP contribution in [-0.4, -0.2) is 68.0 Å². The first-order valence-electron chi connectivity index (χ1n) is 16.6. The Bertz CT molecular complexity index is 1450. The van der Waals surface area contributed by atoms with Gasteiger partial charge in [0, 0.05) is 42.2 Å². The molecule has 1 spiro atoms. The summed E-state index contributed by atoms with van der Waals surface area (Å²) in [4.78, 5) is 46.5. The van der Waals surface area contributed by atoms with Gasteiger partial charge < -0.3 is 28.7 Å². The van der Waals surface area contributed by atoms with Crippen molar-refractivity contribution in [3.8, 4) is 0 Å². The Morgan fingerprint density at radius 2 is 1.82 bits per heavy atom. The molecular weight excluding hydrogens is 589 g/mol.